The Kier molecular flexibility index (Phi) is 5.41. The second-order valence-electron chi connectivity index (χ2n) is 5.29. The van der Waals surface area contributed by atoms with Crippen LogP contribution >= 0.6 is 0 Å². The lowest BCUT2D eigenvalue weighted by Gasteiger charge is -2.22. The normalized spacial score (nSPS) is 28.1. The summed E-state index contributed by atoms with van der Waals surface area (Å²) in [5.41, 5.74) is 0. The molecule has 2 heterocycles. The van der Waals surface area contributed by atoms with Gasteiger partial charge < -0.3 is 20.5 Å². The number of rotatable bonds is 7. The number of aliphatic hydroxyl groups excluding tert-OH is 1. The molecule has 1 amide bonds. The number of carbonyl (C=O) groups is 1. The summed E-state index contributed by atoms with van der Waals surface area (Å²) in [6.07, 6.45) is 5.07. The van der Waals surface area contributed by atoms with Crippen molar-refractivity contribution in [1.29, 1.82) is 0 Å². The van der Waals surface area contributed by atoms with Gasteiger partial charge in [0.25, 0.3) is 0 Å². The number of hydrogen-bond donors (Lipinski definition) is 3. The first-order chi connectivity index (χ1) is 8.75. The molecule has 2 aliphatic rings. The molecular weight excluding hydrogens is 232 g/mol. The smallest absolute Gasteiger partial charge is 0.219 e. The van der Waals surface area contributed by atoms with Gasteiger partial charge in [0.2, 0.25) is 5.91 Å². The molecule has 0 aromatic carbocycles. The van der Waals surface area contributed by atoms with Crippen LogP contribution in [0.25, 0.3) is 0 Å². The summed E-state index contributed by atoms with van der Waals surface area (Å²) in [6, 6.07) is 0. The Hall–Kier alpha value is -0.650. The van der Waals surface area contributed by atoms with Crippen LogP contribution < -0.4 is 10.6 Å². The van der Waals surface area contributed by atoms with E-state index in [1.165, 1.54) is 12.8 Å². The third-order valence-corrected chi connectivity index (χ3v) is 3.78. The predicted octanol–water partition coefficient (Wildman–Crippen LogP) is 0.380. The van der Waals surface area contributed by atoms with Crippen molar-refractivity contribution in [3.63, 3.8) is 0 Å². The molecule has 5 heteroatoms. The fourth-order valence-electron chi connectivity index (χ4n) is 2.48. The van der Waals surface area contributed by atoms with Gasteiger partial charge in [-0.2, -0.15) is 0 Å². The van der Waals surface area contributed by atoms with E-state index < -0.39 is 6.29 Å². The number of nitrogens with one attached hydrogen (secondary N) is 2. The highest BCUT2D eigenvalue weighted by molar-refractivity contribution is 5.75. The van der Waals surface area contributed by atoms with Gasteiger partial charge in [0.05, 0.1) is 0 Å². The summed E-state index contributed by atoms with van der Waals surface area (Å²) in [7, 11) is 0. The SMILES string of the molecule is O=C(CCC[C@@H]1OC1O)NCCC1CCNCC1. The van der Waals surface area contributed by atoms with E-state index in [4.69, 9.17) is 9.84 Å². The maximum absolute atomic E-state index is 11.5. The molecule has 2 aliphatic heterocycles. The highest BCUT2D eigenvalue weighted by Gasteiger charge is 2.35. The molecule has 0 saturated carbocycles. The zero-order valence-electron chi connectivity index (χ0n) is 10.9. The fraction of sp³-hybridized carbons (Fsp3) is 0.923. The average molecular weight is 256 g/mol. The Balaban J connectivity index is 1.44. The standard InChI is InChI=1S/C13H24N2O3/c16-12(3-1-2-11-13(17)18-11)15-9-6-10-4-7-14-8-5-10/h10-11,13-14,17H,1-9H2,(H,15,16)/t11-,13?/m0/s1. The summed E-state index contributed by atoms with van der Waals surface area (Å²) < 4.78 is 4.88. The van der Waals surface area contributed by atoms with Gasteiger partial charge >= 0.3 is 0 Å². The number of hydrogen-bond acceptors (Lipinski definition) is 4. The molecule has 0 bridgehead atoms. The highest BCUT2D eigenvalue weighted by Crippen LogP contribution is 2.24. The molecule has 2 atom stereocenters. The molecule has 18 heavy (non-hydrogen) atoms. The summed E-state index contributed by atoms with van der Waals surface area (Å²) in [5.74, 6) is 0.889. The molecule has 5 nitrogen and oxygen atoms in total. The van der Waals surface area contributed by atoms with Crippen LogP contribution in [-0.4, -0.2) is 43.0 Å². The van der Waals surface area contributed by atoms with Gasteiger partial charge in [-0.3, -0.25) is 4.79 Å². The molecule has 0 aliphatic carbocycles. The van der Waals surface area contributed by atoms with Crippen LogP contribution in [0.1, 0.15) is 38.5 Å². The van der Waals surface area contributed by atoms with Crippen LogP contribution in [0.15, 0.2) is 0 Å². The second-order valence-corrected chi connectivity index (χ2v) is 5.29. The van der Waals surface area contributed by atoms with Gasteiger partial charge in [-0.05, 0) is 51.1 Å². The van der Waals surface area contributed by atoms with Gasteiger partial charge in [-0.15, -0.1) is 0 Å². The maximum Gasteiger partial charge on any atom is 0.219 e. The Morgan fingerprint density at radius 3 is 2.72 bits per heavy atom. The number of amides is 1. The number of piperidine rings is 1. The largest absolute Gasteiger partial charge is 0.366 e. The molecule has 2 saturated heterocycles. The van der Waals surface area contributed by atoms with E-state index in [0.29, 0.717) is 6.42 Å². The first-order valence-corrected chi connectivity index (χ1v) is 7.06. The zero-order chi connectivity index (χ0) is 12.8. The Morgan fingerprint density at radius 1 is 1.33 bits per heavy atom. The van der Waals surface area contributed by atoms with Crippen LogP contribution in [0.5, 0.6) is 0 Å². The first kappa shape index (κ1) is 13.8. The summed E-state index contributed by atoms with van der Waals surface area (Å²) in [5, 5.41) is 15.3. The topological polar surface area (TPSA) is 73.9 Å². The lowest BCUT2D eigenvalue weighted by atomic mass is 9.95. The number of ether oxygens (including phenoxy) is 1. The van der Waals surface area contributed by atoms with Gasteiger partial charge in [-0.1, -0.05) is 0 Å². The van der Waals surface area contributed by atoms with Crippen LogP contribution in [0.4, 0.5) is 0 Å². The minimum atomic E-state index is -0.576. The lowest BCUT2D eigenvalue weighted by molar-refractivity contribution is -0.121. The maximum atomic E-state index is 11.5. The van der Waals surface area contributed by atoms with Crippen LogP contribution in [0.2, 0.25) is 0 Å². The van der Waals surface area contributed by atoms with Crippen molar-refractivity contribution in [3.05, 3.63) is 0 Å². The van der Waals surface area contributed by atoms with Crippen molar-refractivity contribution in [2.24, 2.45) is 5.92 Å². The van der Waals surface area contributed by atoms with Crippen LogP contribution in [-0.2, 0) is 9.53 Å². The molecule has 2 fully saturated rings. The third kappa shape index (κ3) is 4.92. The van der Waals surface area contributed by atoms with Crippen molar-refractivity contribution >= 4 is 5.91 Å². The molecule has 2 rings (SSSR count). The summed E-state index contributed by atoms with van der Waals surface area (Å²) in [6.45, 7) is 3.02. The zero-order valence-corrected chi connectivity index (χ0v) is 10.9. The van der Waals surface area contributed by atoms with Gasteiger partial charge in [0.15, 0.2) is 6.29 Å². The molecule has 0 radical (unpaired) electrons. The number of carbonyl (C=O) groups excluding carboxylic acids is 1. The van der Waals surface area contributed by atoms with Crippen molar-refractivity contribution in [2.45, 2.75) is 50.9 Å². The average Bonchev–Trinajstić information content (AvgIpc) is 3.07. The van der Waals surface area contributed by atoms with Crippen LogP contribution in [0.3, 0.4) is 0 Å². The number of aliphatic hydroxyl groups is 1. The molecule has 3 N–H and O–H groups in total. The minimum absolute atomic E-state index is 0.0208. The van der Waals surface area contributed by atoms with E-state index >= 15 is 0 Å². The molecular formula is C13H24N2O3. The van der Waals surface area contributed by atoms with Crippen molar-refractivity contribution in [1.82, 2.24) is 10.6 Å². The lowest BCUT2D eigenvalue weighted by Crippen LogP contribution is -2.31. The summed E-state index contributed by atoms with van der Waals surface area (Å²) >= 11 is 0. The predicted molar refractivity (Wildman–Crippen MR) is 68.0 cm³/mol. The molecule has 1 unspecified atom stereocenters. The van der Waals surface area contributed by atoms with E-state index in [1.807, 2.05) is 0 Å². The van der Waals surface area contributed by atoms with Crippen molar-refractivity contribution in [3.8, 4) is 0 Å². The number of epoxide rings is 1. The van der Waals surface area contributed by atoms with E-state index in [1.54, 1.807) is 0 Å². The quantitative estimate of drug-likeness (QED) is 0.576. The third-order valence-electron chi connectivity index (χ3n) is 3.78. The van der Waals surface area contributed by atoms with Crippen molar-refractivity contribution < 1.29 is 14.6 Å². The van der Waals surface area contributed by atoms with E-state index in [9.17, 15) is 4.79 Å². The van der Waals surface area contributed by atoms with Gasteiger partial charge in [0, 0.05) is 13.0 Å². The fourth-order valence-corrected chi connectivity index (χ4v) is 2.48. The molecule has 0 aromatic rings. The monoisotopic (exact) mass is 256 g/mol. The Labute approximate surface area is 108 Å². The Morgan fingerprint density at radius 2 is 2.06 bits per heavy atom. The molecule has 104 valence electrons. The van der Waals surface area contributed by atoms with Crippen molar-refractivity contribution in [2.75, 3.05) is 19.6 Å². The molecule has 0 spiro atoms. The highest BCUT2D eigenvalue weighted by atomic mass is 16.7. The van der Waals surface area contributed by atoms with E-state index in [2.05, 4.69) is 10.6 Å². The van der Waals surface area contributed by atoms with Gasteiger partial charge in [0.1, 0.15) is 6.10 Å². The van der Waals surface area contributed by atoms with E-state index in [0.717, 1.165) is 44.8 Å². The summed E-state index contributed by atoms with van der Waals surface area (Å²) in [4.78, 5) is 11.5. The second kappa shape index (κ2) is 7.07. The minimum Gasteiger partial charge on any atom is -0.366 e. The van der Waals surface area contributed by atoms with E-state index in [-0.39, 0.29) is 12.0 Å². The Bertz CT molecular complexity index is 267. The first-order valence-electron chi connectivity index (χ1n) is 7.06. The van der Waals surface area contributed by atoms with Gasteiger partial charge in [-0.25, -0.2) is 0 Å². The van der Waals surface area contributed by atoms with Crippen LogP contribution in [0, 0.1) is 5.92 Å². The molecule has 0 aromatic heterocycles.